The summed E-state index contributed by atoms with van der Waals surface area (Å²) in [5.74, 6) is 1.82. The highest BCUT2D eigenvalue weighted by atomic mass is 35.5. The van der Waals surface area contributed by atoms with Crippen LogP contribution in [0.3, 0.4) is 0 Å². The Morgan fingerprint density at radius 1 is 0.964 bits per heavy atom. The molecule has 0 radical (unpaired) electrons. The van der Waals surface area contributed by atoms with E-state index in [1.54, 1.807) is 0 Å². The average molecular weight is 408 g/mol. The number of fused-ring (bicyclic) bond motifs is 1. The van der Waals surface area contributed by atoms with Gasteiger partial charge in [0, 0.05) is 51.9 Å². The van der Waals surface area contributed by atoms with Crippen LogP contribution in [-0.2, 0) is 18.3 Å². The zero-order valence-corrected chi connectivity index (χ0v) is 18.0. The number of anilines is 1. The van der Waals surface area contributed by atoms with E-state index in [1.165, 1.54) is 0 Å². The van der Waals surface area contributed by atoms with Crippen molar-refractivity contribution in [2.45, 2.75) is 32.9 Å². The van der Waals surface area contributed by atoms with Crippen LogP contribution in [0.25, 0.3) is 11.2 Å². The number of ether oxygens (including phenoxy) is 1. The summed E-state index contributed by atoms with van der Waals surface area (Å²) >= 11 is 6.24. The number of hydrogen-bond acceptors (Lipinski definition) is 7. The molecule has 2 saturated heterocycles. The zero-order valence-electron chi connectivity index (χ0n) is 17.3. The predicted molar refractivity (Wildman–Crippen MR) is 111 cm³/mol. The summed E-state index contributed by atoms with van der Waals surface area (Å²) in [5.41, 5.74) is 1.85. The van der Waals surface area contributed by atoms with Gasteiger partial charge in [-0.15, -0.1) is 0 Å². The van der Waals surface area contributed by atoms with Gasteiger partial charge in [-0.2, -0.15) is 9.97 Å². The summed E-state index contributed by atoms with van der Waals surface area (Å²) < 4.78 is 7.53. The highest BCUT2D eigenvalue weighted by Gasteiger charge is 2.27. The first-order chi connectivity index (χ1) is 13.3. The fourth-order valence-corrected chi connectivity index (χ4v) is 4.14. The van der Waals surface area contributed by atoms with Crippen LogP contribution in [0, 0.1) is 0 Å². The molecule has 0 spiro atoms. The van der Waals surface area contributed by atoms with E-state index in [1.807, 2.05) is 7.05 Å². The largest absolute Gasteiger partial charge is 0.378 e. The minimum Gasteiger partial charge on any atom is -0.378 e. The lowest BCUT2D eigenvalue weighted by Crippen LogP contribution is -2.53. The highest BCUT2D eigenvalue weighted by molar-refractivity contribution is 6.28. The second kappa shape index (κ2) is 7.74. The Morgan fingerprint density at radius 2 is 1.64 bits per heavy atom. The normalized spacial score (nSPS) is 20.2. The van der Waals surface area contributed by atoms with E-state index in [0.717, 1.165) is 68.6 Å². The number of imidazole rings is 1. The van der Waals surface area contributed by atoms with E-state index >= 15 is 0 Å². The molecule has 8 nitrogen and oxygen atoms in total. The number of morpholine rings is 1. The molecule has 0 unspecified atom stereocenters. The molecular weight excluding hydrogens is 378 g/mol. The molecule has 0 amide bonds. The fourth-order valence-electron chi connectivity index (χ4n) is 3.98. The molecule has 154 valence electrons. The van der Waals surface area contributed by atoms with Gasteiger partial charge in [0.05, 0.1) is 19.8 Å². The summed E-state index contributed by atoms with van der Waals surface area (Å²) in [4.78, 5) is 21.1. The molecule has 0 aromatic carbocycles. The van der Waals surface area contributed by atoms with Crippen LogP contribution >= 0.6 is 11.6 Å². The van der Waals surface area contributed by atoms with E-state index in [-0.39, 0.29) is 10.8 Å². The molecule has 2 aromatic rings. The lowest BCUT2D eigenvalue weighted by atomic mass is 10.1. The molecular formula is C19H30ClN7O. The van der Waals surface area contributed by atoms with E-state index in [0.29, 0.717) is 13.2 Å². The van der Waals surface area contributed by atoms with Crippen LogP contribution in [0.15, 0.2) is 0 Å². The maximum atomic E-state index is 6.24. The molecule has 2 aromatic heterocycles. The van der Waals surface area contributed by atoms with E-state index in [9.17, 15) is 0 Å². The Labute approximate surface area is 171 Å². The lowest BCUT2D eigenvalue weighted by molar-refractivity contribution is 0.0577. The topological polar surface area (TPSA) is 62.5 Å². The third kappa shape index (κ3) is 3.96. The smallest absolute Gasteiger partial charge is 0.226 e. The number of halogens is 1. The summed E-state index contributed by atoms with van der Waals surface area (Å²) in [6.45, 7) is 14.9. The van der Waals surface area contributed by atoms with Crippen LogP contribution in [0.2, 0.25) is 5.28 Å². The number of aryl methyl sites for hydroxylation is 1. The van der Waals surface area contributed by atoms with Crippen molar-refractivity contribution in [3.63, 3.8) is 0 Å². The molecule has 0 atom stereocenters. The van der Waals surface area contributed by atoms with Crippen molar-refractivity contribution in [2.24, 2.45) is 7.05 Å². The van der Waals surface area contributed by atoms with Gasteiger partial charge < -0.3 is 14.2 Å². The molecule has 9 heteroatoms. The summed E-state index contributed by atoms with van der Waals surface area (Å²) in [6, 6.07) is 0. The third-order valence-electron chi connectivity index (χ3n) is 5.76. The van der Waals surface area contributed by atoms with Crippen molar-refractivity contribution in [1.82, 2.24) is 29.3 Å². The van der Waals surface area contributed by atoms with Crippen molar-refractivity contribution in [3.05, 3.63) is 11.1 Å². The first-order valence-corrected chi connectivity index (χ1v) is 10.4. The maximum Gasteiger partial charge on any atom is 0.226 e. The molecule has 4 heterocycles. The fraction of sp³-hybridized carbons (Fsp3) is 0.737. The van der Waals surface area contributed by atoms with Gasteiger partial charge in [-0.05, 0) is 32.4 Å². The van der Waals surface area contributed by atoms with Crippen molar-refractivity contribution in [1.29, 1.82) is 0 Å². The third-order valence-corrected chi connectivity index (χ3v) is 5.93. The second-order valence-electron chi connectivity index (χ2n) is 8.61. The molecule has 2 fully saturated rings. The summed E-state index contributed by atoms with van der Waals surface area (Å²) in [6.07, 6.45) is 0. The van der Waals surface area contributed by atoms with Crippen LogP contribution in [-0.4, -0.2) is 87.3 Å². The van der Waals surface area contributed by atoms with E-state index in [2.05, 4.69) is 50.0 Å². The Morgan fingerprint density at radius 3 is 2.29 bits per heavy atom. The Kier molecular flexibility index (Phi) is 5.48. The van der Waals surface area contributed by atoms with E-state index < -0.39 is 0 Å². The van der Waals surface area contributed by atoms with Crippen molar-refractivity contribution in [3.8, 4) is 0 Å². The quantitative estimate of drug-likeness (QED) is 0.718. The molecule has 0 bridgehead atoms. The molecule has 2 aliphatic rings. The first kappa shape index (κ1) is 19.8. The maximum absolute atomic E-state index is 6.24. The predicted octanol–water partition coefficient (Wildman–Crippen LogP) is 1.77. The van der Waals surface area contributed by atoms with Crippen LogP contribution < -0.4 is 4.90 Å². The summed E-state index contributed by atoms with van der Waals surface area (Å²) in [5, 5.41) is 0.266. The molecule has 0 saturated carbocycles. The molecule has 2 aliphatic heterocycles. The number of nitrogens with zero attached hydrogens (tertiary/aromatic N) is 7. The lowest BCUT2D eigenvalue weighted by Gasteiger charge is -2.42. The molecule has 4 rings (SSSR count). The monoisotopic (exact) mass is 407 g/mol. The van der Waals surface area contributed by atoms with E-state index in [4.69, 9.17) is 21.3 Å². The van der Waals surface area contributed by atoms with Gasteiger partial charge >= 0.3 is 0 Å². The van der Waals surface area contributed by atoms with Crippen LogP contribution in [0.1, 0.15) is 26.6 Å². The van der Waals surface area contributed by atoms with Gasteiger partial charge in [0.15, 0.2) is 17.0 Å². The molecule has 28 heavy (non-hydrogen) atoms. The van der Waals surface area contributed by atoms with Crippen molar-refractivity contribution in [2.75, 3.05) is 57.4 Å². The molecule has 0 aliphatic carbocycles. The minimum absolute atomic E-state index is 0.226. The van der Waals surface area contributed by atoms with Crippen molar-refractivity contribution < 1.29 is 4.74 Å². The minimum atomic E-state index is 0.226. The average Bonchev–Trinajstić information content (AvgIpc) is 2.97. The SMILES string of the molecule is Cn1c(CN2CCN(C(C)(C)C)CC2)nc2c(N3CCOCC3)nc(Cl)nc21. The van der Waals surface area contributed by atoms with Crippen LogP contribution in [0.4, 0.5) is 5.82 Å². The second-order valence-corrected chi connectivity index (χ2v) is 8.95. The standard InChI is InChI=1S/C19H30ClN7O/c1-19(2,3)27-7-5-25(6-8-27)13-14-21-15-16(24(14)4)22-18(20)23-17(15)26-9-11-28-12-10-26/h5-13H2,1-4H3. The number of aromatic nitrogens is 4. The first-order valence-electron chi connectivity index (χ1n) is 10.0. The zero-order chi connectivity index (χ0) is 19.9. The highest BCUT2D eigenvalue weighted by Crippen LogP contribution is 2.27. The van der Waals surface area contributed by atoms with Gasteiger partial charge in [0.2, 0.25) is 5.28 Å². The Balaban J connectivity index is 1.56. The van der Waals surface area contributed by atoms with Gasteiger partial charge in [0.1, 0.15) is 5.82 Å². The van der Waals surface area contributed by atoms with Gasteiger partial charge in [0.25, 0.3) is 0 Å². The number of piperazine rings is 1. The number of hydrogen-bond donors (Lipinski definition) is 0. The molecule has 0 N–H and O–H groups in total. The number of rotatable bonds is 3. The van der Waals surface area contributed by atoms with Gasteiger partial charge in [-0.3, -0.25) is 9.80 Å². The van der Waals surface area contributed by atoms with Crippen molar-refractivity contribution >= 4 is 28.6 Å². The Hall–Kier alpha value is -1.48. The van der Waals surface area contributed by atoms with Crippen LogP contribution in [0.5, 0.6) is 0 Å². The van der Waals surface area contributed by atoms with Gasteiger partial charge in [-0.1, -0.05) is 0 Å². The summed E-state index contributed by atoms with van der Waals surface area (Å²) in [7, 11) is 2.02. The Bertz CT molecular complexity index is 833. The van der Waals surface area contributed by atoms with Gasteiger partial charge in [-0.25, -0.2) is 4.98 Å².